The average molecular weight is 598 g/mol. The van der Waals surface area contributed by atoms with E-state index in [2.05, 4.69) is 20.7 Å². The molecule has 218 valence electrons. The van der Waals surface area contributed by atoms with Crippen LogP contribution >= 0.6 is 11.6 Å². The van der Waals surface area contributed by atoms with E-state index in [-0.39, 0.29) is 24.0 Å². The molecule has 1 saturated carbocycles. The molecular weight excluding hydrogens is 570 g/mol. The Morgan fingerprint density at radius 1 is 1.02 bits per heavy atom. The van der Waals surface area contributed by atoms with Crippen LogP contribution in [-0.4, -0.2) is 60.9 Å². The smallest absolute Gasteiger partial charge is 0.262 e. The summed E-state index contributed by atoms with van der Waals surface area (Å²) in [6, 6.07) is 10.0. The van der Waals surface area contributed by atoms with Gasteiger partial charge in [0.1, 0.15) is 11.6 Å². The van der Waals surface area contributed by atoms with Crippen molar-refractivity contribution in [3.63, 3.8) is 0 Å². The third-order valence-corrected chi connectivity index (χ3v) is 8.87. The molecule has 1 atom stereocenters. The highest BCUT2D eigenvalue weighted by Gasteiger charge is 2.44. The number of benzene rings is 2. The molecule has 11 nitrogen and oxygen atoms in total. The number of amides is 4. The van der Waals surface area contributed by atoms with Crippen molar-refractivity contribution >= 4 is 52.0 Å². The number of fused-ring (bicyclic) bond motifs is 2. The van der Waals surface area contributed by atoms with Gasteiger partial charge in [0.2, 0.25) is 11.8 Å². The molecule has 4 heterocycles. The first-order valence-electron chi connectivity index (χ1n) is 14.4. The van der Waals surface area contributed by atoms with E-state index in [4.69, 9.17) is 16.6 Å². The molecule has 1 saturated heterocycles. The van der Waals surface area contributed by atoms with Crippen LogP contribution in [-0.2, 0) is 9.59 Å². The van der Waals surface area contributed by atoms with Crippen molar-refractivity contribution in [1.82, 2.24) is 30.0 Å². The number of aromatic nitrogens is 4. The first kappa shape index (κ1) is 27.2. The minimum Gasteiger partial charge on any atom is -0.385 e. The van der Waals surface area contributed by atoms with Crippen molar-refractivity contribution in [2.24, 2.45) is 5.92 Å². The van der Waals surface area contributed by atoms with Gasteiger partial charge in [-0.2, -0.15) is 5.10 Å². The van der Waals surface area contributed by atoms with Gasteiger partial charge in [0.05, 0.1) is 45.8 Å². The van der Waals surface area contributed by atoms with Gasteiger partial charge in [0.15, 0.2) is 0 Å². The summed E-state index contributed by atoms with van der Waals surface area (Å²) in [7, 11) is 0. The second-order valence-electron chi connectivity index (χ2n) is 11.3. The molecule has 2 aliphatic heterocycles. The van der Waals surface area contributed by atoms with Crippen molar-refractivity contribution in [2.45, 2.75) is 50.6 Å². The SMILES string of the molecule is O=C1CCC(N2C(=O)c3ccc(NCCC[C@H]4C[C@H](n5cc(-c6cnc7c(Cl)cccc7n6)cn5)C4)cc3C2=O)C(=O)N1. The van der Waals surface area contributed by atoms with E-state index >= 15 is 0 Å². The van der Waals surface area contributed by atoms with Gasteiger partial charge < -0.3 is 5.32 Å². The highest BCUT2D eigenvalue weighted by molar-refractivity contribution is 6.34. The molecule has 0 spiro atoms. The lowest BCUT2D eigenvalue weighted by atomic mass is 9.77. The topological polar surface area (TPSA) is 139 Å². The molecule has 12 heteroatoms. The van der Waals surface area contributed by atoms with Crippen molar-refractivity contribution in [3.05, 3.63) is 71.1 Å². The first-order chi connectivity index (χ1) is 20.9. The molecule has 2 fully saturated rings. The quantitative estimate of drug-likeness (QED) is 0.225. The summed E-state index contributed by atoms with van der Waals surface area (Å²) in [5, 5.41) is 10.7. The maximum absolute atomic E-state index is 13.0. The standard InChI is InChI=1S/C31H28ClN7O4/c32-23-4-1-5-24-28(23)34-15-25(36-24)18-14-35-38(16-18)20-11-17(12-20)3-2-10-33-19-6-7-21-22(13-19)31(43)39(30(21)42)26-8-9-27(40)37-29(26)41/h1,4-7,13-17,20,26,33H,2-3,8-12H2,(H,37,40,41)/t17-,20-,26?. The Hall–Kier alpha value is -4.64. The molecule has 2 N–H and O–H groups in total. The maximum Gasteiger partial charge on any atom is 0.262 e. The lowest BCUT2D eigenvalue weighted by molar-refractivity contribution is -0.136. The van der Waals surface area contributed by atoms with Crippen LogP contribution in [0.1, 0.15) is 65.3 Å². The summed E-state index contributed by atoms with van der Waals surface area (Å²) < 4.78 is 2.02. The average Bonchev–Trinajstić information content (AvgIpc) is 3.55. The zero-order valence-corrected chi connectivity index (χ0v) is 23.9. The zero-order valence-electron chi connectivity index (χ0n) is 23.1. The number of piperidine rings is 1. The number of carbonyl (C=O) groups is 4. The molecule has 2 aromatic carbocycles. The number of hydrogen-bond acceptors (Lipinski definition) is 8. The number of hydrogen-bond donors (Lipinski definition) is 2. The minimum atomic E-state index is -0.965. The molecule has 7 rings (SSSR count). The summed E-state index contributed by atoms with van der Waals surface area (Å²) in [6.07, 6.45) is 9.98. The fourth-order valence-corrected chi connectivity index (χ4v) is 6.39. The molecule has 0 bridgehead atoms. The second-order valence-corrected chi connectivity index (χ2v) is 11.7. The Balaban J connectivity index is 0.891. The summed E-state index contributed by atoms with van der Waals surface area (Å²) >= 11 is 6.22. The summed E-state index contributed by atoms with van der Waals surface area (Å²) in [5.74, 6) is -1.39. The van der Waals surface area contributed by atoms with E-state index in [0.29, 0.717) is 22.5 Å². The molecule has 43 heavy (non-hydrogen) atoms. The van der Waals surface area contributed by atoms with Crippen LogP contribution in [0.2, 0.25) is 5.02 Å². The molecule has 4 aromatic rings. The van der Waals surface area contributed by atoms with Crippen LogP contribution in [0.25, 0.3) is 22.3 Å². The normalized spacial score (nSPS) is 21.6. The number of para-hydroxylation sites is 1. The van der Waals surface area contributed by atoms with Crippen LogP contribution in [0.4, 0.5) is 5.69 Å². The third-order valence-electron chi connectivity index (χ3n) is 8.56. The van der Waals surface area contributed by atoms with Crippen LogP contribution in [0.3, 0.4) is 0 Å². The number of carbonyl (C=O) groups excluding carboxylic acids is 4. The monoisotopic (exact) mass is 597 g/mol. The maximum atomic E-state index is 13.0. The number of imide groups is 2. The molecule has 4 amide bonds. The van der Waals surface area contributed by atoms with E-state index in [1.54, 1.807) is 30.5 Å². The molecule has 0 radical (unpaired) electrons. The Kier molecular flexibility index (Phi) is 6.89. The van der Waals surface area contributed by atoms with Gasteiger partial charge in [-0.05, 0) is 68.4 Å². The van der Waals surface area contributed by atoms with Crippen LogP contribution in [0, 0.1) is 5.92 Å². The van der Waals surface area contributed by atoms with Crippen molar-refractivity contribution in [3.8, 4) is 11.3 Å². The Bertz CT molecular complexity index is 1800. The number of rotatable bonds is 8. The van der Waals surface area contributed by atoms with Crippen molar-refractivity contribution in [1.29, 1.82) is 0 Å². The molecule has 1 unspecified atom stereocenters. The van der Waals surface area contributed by atoms with Gasteiger partial charge in [-0.25, -0.2) is 4.98 Å². The van der Waals surface area contributed by atoms with E-state index < -0.39 is 29.7 Å². The Morgan fingerprint density at radius 3 is 2.70 bits per heavy atom. The summed E-state index contributed by atoms with van der Waals surface area (Å²) in [5.41, 5.74) is 4.44. The summed E-state index contributed by atoms with van der Waals surface area (Å²) in [6.45, 7) is 0.732. The van der Waals surface area contributed by atoms with Crippen molar-refractivity contribution < 1.29 is 19.2 Å². The lowest BCUT2D eigenvalue weighted by Gasteiger charge is -2.35. The van der Waals surface area contributed by atoms with Crippen LogP contribution in [0.15, 0.2) is 55.0 Å². The zero-order chi connectivity index (χ0) is 29.7. The fourth-order valence-electron chi connectivity index (χ4n) is 6.17. The van der Waals surface area contributed by atoms with Gasteiger partial charge in [0, 0.05) is 30.4 Å². The van der Waals surface area contributed by atoms with E-state index in [9.17, 15) is 19.2 Å². The predicted octanol–water partition coefficient (Wildman–Crippen LogP) is 4.39. The summed E-state index contributed by atoms with van der Waals surface area (Å²) in [4.78, 5) is 59.8. The van der Waals surface area contributed by atoms with Crippen LogP contribution in [0.5, 0.6) is 0 Å². The van der Waals surface area contributed by atoms with Gasteiger partial charge >= 0.3 is 0 Å². The van der Waals surface area contributed by atoms with Crippen LogP contribution < -0.4 is 10.6 Å². The van der Waals surface area contributed by atoms with E-state index in [0.717, 1.165) is 59.6 Å². The largest absolute Gasteiger partial charge is 0.385 e. The third kappa shape index (κ3) is 5.03. The number of halogens is 1. The number of nitrogens with zero attached hydrogens (tertiary/aromatic N) is 5. The van der Waals surface area contributed by atoms with Gasteiger partial charge in [-0.15, -0.1) is 0 Å². The van der Waals surface area contributed by atoms with Gasteiger partial charge in [-0.1, -0.05) is 17.7 Å². The Labute approximate surface area is 251 Å². The number of anilines is 1. The fraction of sp³-hybridized carbons (Fsp3) is 0.323. The van der Waals surface area contributed by atoms with Gasteiger partial charge in [0.25, 0.3) is 11.8 Å². The van der Waals surface area contributed by atoms with E-state index in [1.165, 1.54) is 0 Å². The first-order valence-corrected chi connectivity index (χ1v) is 14.8. The Morgan fingerprint density at radius 2 is 1.86 bits per heavy atom. The highest BCUT2D eigenvalue weighted by atomic mass is 35.5. The van der Waals surface area contributed by atoms with E-state index in [1.807, 2.05) is 29.2 Å². The number of nitrogens with one attached hydrogen (secondary N) is 2. The molecular formula is C31H28ClN7O4. The highest BCUT2D eigenvalue weighted by Crippen LogP contribution is 2.40. The molecule has 3 aliphatic rings. The van der Waals surface area contributed by atoms with Gasteiger partial charge in [-0.3, -0.25) is 39.1 Å². The second kappa shape index (κ2) is 10.9. The lowest BCUT2D eigenvalue weighted by Crippen LogP contribution is -2.54. The molecule has 2 aromatic heterocycles. The predicted molar refractivity (Wildman–Crippen MR) is 158 cm³/mol. The van der Waals surface area contributed by atoms with Crippen molar-refractivity contribution in [2.75, 3.05) is 11.9 Å². The minimum absolute atomic E-state index is 0.0952. The molecule has 1 aliphatic carbocycles.